The molecular weight excluding hydrogens is 219 g/mol. The van der Waals surface area contributed by atoms with E-state index in [1.807, 2.05) is 27.2 Å². The molecule has 0 saturated heterocycles. The van der Waals surface area contributed by atoms with Gasteiger partial charge in [-0.3, -0.25) is 0 Å². The van der Waals surface area contributed by atoms with Crippen LogP contribution < -0.4 is 0 Å². The van der Waals surface area contributed by atoms with Crippen LogP contribution >= 0.6 is 23.2 Å². The normalized spacial score (nSPS) is 12.4. The zero-order valence-corrected chi connectivity index (χ0v) is 9.97. The second-order valence-corrected chi connectivity index (χ2v) is 4.64. The maximum absolute atomic E-state index is 5.98. The Balaban J connectivity index is 3.03. The van der Waals surface area contributed by atoms with Crippen molar-refractivity contribution in [2.45, 2.75) is 0 Å². The van der Waals surface area contributed by atoms with E-state index < -0.39 is 0 Å². The number of benzene rings is 1. The SMILES string of the molecule is C[N+](C)(C)N=Cc1c(Cl)cccc1Cl. The predicted octanol–water partition coefficient (Wildman–Crippen LogP) is 3.03. The van der Waals surface area contributed by atoms with Gasteiger partial charge in [0.15, 0.2) is 0 Å². The molecule has 0 spiro atoms. The Bertz CT molecular complexity index is 333. The van der Waals surface area contributed by atoms with Gasteiger partial charge >= 0.3 is 0 Å². The van der Waals surface area contributed by atoms with Gasteiger partial charge in [-0.25, -0.2) is 4.59 Å². The molecule has 0 bridgehead atoms. The lowest BCUT2D eigenvalue weighted by molar-refractivity contribution is -0.876. The smallest absolute Gasteiger partial charge is 0.0927 e. The van der Waals surface area contributed by atoms with Crippen molar-refractivity contribution in [2.24, 2.45) is 5.10 Å². The fraction of sp³-hybridized carbons (Fsp3) is 0.300. The van der Waals surface area contributed by atoms with Gasteiger partial charge in [0.1, 0.15) is 0 Å². The van der Waals surface area contributed by atoms with Gasteiger partial charge in [0.2, 0.25) is 0 Å². The summed E-state index contributed by atoms with van der Waals surface area (Å²) >= 11 is 12.0. The van der Waals surface area contributed by atoms with Gasteiger partial charge in [0.25, 0.3) is 0 Å². The molecule has 4 heteroatoms. The monoisotopic (exact) mass is 231 g/mol. The van der Waals surface area contributed by atoms with Gasteiger partial charge in [-0.15, -0.1) is 0 Å². The molecule has 0 aliphatic rings. The number of quaternary nitrogens is 1. The highest BCUT2D eigenvalue weighted by Crippen LogP contribution is 2.22. The molecule has 0 aliphatic carbocycles. The molecule has 2 nitrogen and oxygen atoms in total. The molecule has 76 valence electrons. The molecule has 1 rings (SSSR count). The average molecular weight is 232 g/mol. The minimum absolute atomic E-state index is 0.488. The first-order valence-corrected chi connectivity index (χ1v) is 4.97. The molecule has 0 amide bonds. The van der Waals surface area contributed by atoms with Crippen LogP contribution in [0.4, 0.5) is 0 Å². The van der Waals surface area contributed by atoms with E-state index in [1.165, 1.54) is 0 Å². The van der Waals surface area contributed by atoms with Crippen molar-refractivity contribution in [1.29, 1.82) is 0 Å². The Morgan fingerprint density at radius 2 is 1.64 bits per heavy atom. The summed E-state index contributed by atoms with van der Waals surface area (Å²) in [6.45, 7) is 0. The minimum atomic E-state index is 0.488. The average Bonchev–Trinajstić information content (AvgIpc) is 2.01. The predicted molar refractivity (Wildman–Crippen MR) is 62.1 cm³/mol. The first-order valence-electron chi connectivity index (χ1n) is 4.21. The summed E-state index contributed by atoms with van der Waals surface area (Å²) in [6, 6.07) is 5.41. The van der Waals surface area contributed by atoms with Crippen LogP contribution in [0.2, 0.25) is 10.0 Å². The van der Waals surface area contributed by atoms with E-state index in [0.717, 1.165) is 5.56 Å². The van der Waals surface area contributed by atoms with Crippen molar-refractivity contribution >= 4 is 29.4 Å². The van der Waals surface area contributed by atoms with Gasteiger partial charge in [-0.1, -0.05) is 34.4 Å². The lowest BCUT2D eigenvalue weighted by Crippen LogP contribution is -2.27. The van der Waals surface area contributed by atoms with Crippen LogP contribution in [0.1, 0.15) is 5.56 Å². The largest absolute Gasteiger partial charge is 0.205 e. The third-order valence-electron chi connectivity index (χ3n) is 1.53. The van der Waals surface area contributed by atoms with Crippen molar-refractivity contribution in [2.75, 3.05) is 21.1 Å². The molecule has 0 saturated carbocycles. The van der Waals surface area contributed by atoms with E-state index in [1.54, 1.807) is 18.3 Å². The molecular formula is C10H13Cl2N2+. The maximum atomic E-state index is 5.98. The third kappa shape index (κ3) is 3.29. The van der Waals surface area contributed by atoms with Crippen molar-refractivity contribution < 1.29 is 4.59 Å². The zero-order valence-electron chi connectivity index (χ0n) is 8.46. The fourth-order valence-corrected chi connectivity index (χ4v) is 1.36. The Labute approximate surface area is 94.3 Å². The number of hydrogen-bond donors (Lipinski definition) is 0. The lowest BCUT2D eigenvalue weighted by atomic mass is 10.2. The number of hydrogen-bond acceptors (Lipinski definition) is 1. The van der Waals surface area contributed by atoms with E-state index in [2.05, 4.69) is 5.10 Å². The molecule has 1 aromatic rings. The summed E-state index contributed by atoms with van der Waals surface area (Å²) < 4.78 is 0.488. The van der Waals surface area contributed by atoms with E-state index in [-0.39, 0.29) is 0 Å². The van der Waals surface area contributed by atoms with Gasteiger partial charge < -0.3 is 0 Å². The number of rotatable bonds is 2. The van der Waals surface area contributed by atoms with Crippen LogP contribution in [0.5, 0.6) is 0 Å². The second-order valence-electron chi connectivity index (χ2n) is 3.82. The summed E-state index contributed by atoms with van der Waals surface area (Å²) in [5, 5.41) is 5.53. The third-order valence-corrected chi connectivity index (χ3v) is 2.19. The molecule has 14 heavy (non-hydrogen) atoms. The topological polar surface area (TPSA) is 12.4 Å². The van der Waals surface area contributed by atoms with Crippen molar-refractivity contribution in [3.63, 3.8) is 0 Å². The van der Waals surface area contributed by atoms with Crippen LogP contribution in [-0.2, 0) is 0 Å². The van der Waals surface area contributed by atoms with Crippen LogP contribution in [-0.4, -0.2) is 31.9 Å². The van der Waals surface area contributed by atoms with E-state index in [0.29, 0.717) is 14.6 Å². The summed E-state index contributed by atoms with van der Waals surface area (Å²) in [4.78, 5) is 0. The minimum Gasteiger partial charge on any atom is -0.205 e. The van der Waals surface area contributed by atoms with E-state index in [9.17, 15) is 0 Å². The highest BCUT2D eigenvalue weighted by Gasteiger charge is 2.06. The van der Waals surface area contributed by atoms with Crippen LogP contribution in [0.25, 0.3) is 0 Å². The molecule has 1 aromatic carbocycles. The fourth-order valence-electron chi connectivity index (χ4n) is 0.865. The molecule has 0 aliphatic heterocycles. The number of nitrogens with zero attached hydrogens (tertiary/aromatic N) is 2. The van der Waals surface area contributed by atoms with Crippen molar-refractivity contribution in [3.8, 4) is 0 Å². The van der Waals surface area contributed by atoms with Gasteiger partial charge in [-0.2, -0.15) is 0 Å². The van der Waals surface area contributed by atoms with E-state index >= 15 is 0 Å². The van der Waals surface area contributed by atoms with Gasteiger partial charge in [-0.05, 0) is 12.1 Å². The highest BCUT2D eigenvalue weighted by atomic mass is 35.5. The first kappa shape index (κ1) is 11.5. The maximum Gasteiger partial charge on any atom is 0.0927 e. The lowest BCUT2D eigenvalue weighted by Gasteiger charge is -2.14. The molecule has 0 heterocycles. The van der Waals surface area contributed by atoms with E-state index in [4.69, 9.17) is 23.2 Å². The molecule has 0 N–H and O–H groups in total. The van der Waals surface area contributed by atoms with Gasteiger partial charge in [0, 0.05) is 5.56 Å². The van der Waals surface area contributed by atoms with Crippen LogP contribution in [0.3, 0.4) is 0 Å². The molecule has 0 aromatic heterocycles. The molecule has 0 fully saturated rings. The zero-order chi connectivity index (χ0) is 10.8. The standard InChI is InChI=1S/C10H13Cl2N2/c1-14(2,3)13-7-8-9(11)5-4-6-10(8)12/h4-7H,1-3H3/q+1. The van der Waals surface area contributed by atoms with Gasteiger partial charge in [0.05, 0.1) is 37.4 Å². The Hall–Kier alpha value is -0.570. The van der Waals surface area contributed by atoms with Crippen LogP contribution in [0, 0.1) is 0 Å². The van der Waals surface area contributed by atoms with Crippen molar-refractivity contribution in [1.82, 2.24) is 0 Å². The molecule has 0 radical (unpaired) electrons. The first-order chi connectivity index (χ1) is 6.40. The van der Waals surface area contributed by atoms with Crippen molar-refractivity contribution in [3.05, 3.63) is 33.8 Å². The Morgan fingerprint density at radius 3 is 2.07 bits per heavy atom. The summed E-state index contributed by atoms with van der Waals surface area (Å²) in [5.74, 6) is 0. The molecule has 0 unspecified atom stereocenters. The summed E-state index contributed by atoms with van der Waals surface area (Å²) in [7, 11) is 5.88. The second kappa shape index (κ2) is 4.30. The Kier molecular flexibility index (Phi) is 3.53. The highest BCUT2D eigenvalue weighted by molar-refractivity contribution is 6.38. The quantitative estimate of drug-likeness (QED) is 0.422. The summed E-state index contributed by atoms with van der Waals surface area (Å²) in [5.41, 5.74) is 0.767. The van der Waals surface area contributed by atoms with Crippen LogP contribution in [0.15, 0.2) is 23.3 Å². The number of halogens is 2. The summed E-state index contributed by atoms with van der Waals surface area (Å²) in [6.07, 6.45) is 1.70. The Morgan fingerprint density at radius 1 is 1.14 bits per heavy atom. The molecule has 0 atom stereocenters.